The van der Waals surface area contributed by atoms with E-state index < -0.39 is 6.10 Å². The second-order valence-electron chi connectivity index (χ2n) is 9.44. The van der Waals surface area contributed by atoms with Gasteiger partial charge in [-0.2, -0.15) is 0 Å². The molecule has 39 heavy (non-hydrogen) atoms. The number of ether oxygens (including phenoxy) is 2. The minimum Gasteiger partial charge on any atom is -0.457 e. The minimum atomic E-state index is -0.555. The molecule has 0 heterocycles. The fourth-order valence-electron chi connectivity index (χ4n) is 3.48. The third-order valence-corrected chi connectivity index (χ3v) is 5.73. The van der Waals surface area contributed by atoms with Crippen molar-refractivity contribution in [1.29, 1.82) is 0 Å². The molecule has 1 N–H and O–H groups in total. The van der Waals surface area contributed by atoms with Crippen LogP contribution < -0.4 is 0 Å². The standard InChI is InChI=1S/C35H56O4/c1-3-5-7-8-9-10-11-12-13-14-15-16-17-18-19-20-21-22-23-24-25-26-27-29-31-38-33-34(32-36)39-35(37)30-28-6-4-2/h5,7,9-10,12-13,15-16,18-19,21-22,24-25,34,36H,3-4,6,8,11,14,17,20,23,26-33H2,1-2H3/b7-5-,10-9-,13-12-,16-15-,19-18-,22-21-,25-24-. The van der Waals surface area contributed by atoms with Crippen molar-refractivity contribution >= 4 is 5.97 Å². The lowest BCUT2D eigenvalue weighted by molar-refractivity contribution is -0.154. The molecule has 0 saturated heterocycles. The Morgan fingerprint density at radius 1 is 0.641 bits per heavy atom. The Bertz CT molecular complexity index is 740. The molecule has 0 fully saturated rings. The van der Waals surface area contributed by atoms with Gasteiger partial charge in [-0.3, -0.25) is 4.79 Å². The number of carbonyl (C=O) groups excluding carboxylic acids is 1. The van der Waals surface area contributed by atoms with Gasteiger partial charge >= 0.3 is 5.97 Å². The van der Waals surface area contributed by atoms with Gasteiger partial charge in [-0.15, -0.1) is 0 Å². The van der Waals surface area contributed by atoms with Crippen molar-refractivity contribution < 1.29 is 19.4 Å². The summed E-state index contributed by atoms with van der Waals surface area (Å²) in [5.41, 5.74) is 0. The molecule has 0 saturated carbocycles. The van der Waals surface area contributed by atoms with Crippen molar-refractivity contribution in [3.63, 3.8) is 0 Å². The smallest absolute Gasteiger partial charge is 0.306 e. The lowest BCUT2D eigenvalue weighted by Gasteiger charge is -2.15. The second-order valence-corrected chi connectivity index (χ2v) is 9.44. The molecule has 0 bridgehead atoms. The average molecular weight is 541 g/mol. The van der Waals surface area contributed by atoms with Crippen LogP contribution in [-0.2, 0) is 14.3 Å². The second kappa shape index (κ2) is 31.8. The molecule has 4 heteroatoms. The highest BCUT2D eigenvalue weighted by atomic mass is 16.6. The average Bonchev–Trinajstić information content (AvgIpc) is 2.94. The van der Waals surface area contributed by atoms with Crippen LogP contribution in [-0.4, -0.2) is 37.0 Å². The van der Waals surface area contributed by atoms with Gasteiger partial charge in [-0.1, -0.05) is 112 Å². The van der Waals surface area contributed by atoms with Gasteiger partial charge in [0.15, 0.2) is 0 Å². The Morgan fingerprint density at radius 3 is 1.59 bits per heavy atom. The first-order chi connectivity index (χ1) is 19.2. The number of aliphatic hydroxyl groups is 1. The molecular weight excluding hydrogens is 484 g/mol. The predicted octanol–water partition coefficient (Wildman–Crippen LogP) is 9.30. The van der Waals surface area contributed by atoms with Crippen LogP contribution in [0, 0.1) is 0 Å². The molecule has 0 aromatic heterocycles. The van der Waals surface area contributed by atoms with Gasteiger partial charge in [0.25, 0.3) is 0 Å². The number of hydrogen-bond acceptors (Lipinski definition) is 4. The van der Waals surface area contributed by atoms with Gasteiger partial charge in [0.1, 0.15) is 6.10 Å². The van der Waals surface area contributed by atoms with E-state index in [4.69, 9.17) is 9.47 Å². The van der Waals surface area contributed by atoms with Crippen LogP contribution in [0.2, 0.25) is 0 Å². The summed E-state index contributed by atoms with van der Waals surface area (Å²) in [6.45, 7) is 4.93. The van der Waals surface area contributed by atoms with Gasteiger partial charge in [0.2, 0.25) is 0 Å². The zero-order chi connectivity index (χ0) is 28.5. The summed E-state index contributed by atoms with van der Waals surface area (Å²) in [5, 5.41) is 9.36. The summed E-state index contributed by atoms with van der Waals surface area (Å²) < 4.78 is 10.8. The van der Waals surface area contributed by atoms with E-state index in [-0.39, 0.29) is 19.2 Å². The highest BCUT2D eigenvalue weighted by Gasteiger charge is 2.13. The Balaban J connectivity index is 3.61. The van der Waals surface area contributed by atoms with Gasteiger partial charge in [-0.05, 0) is 70.6 Å². The Kier molecular flexibility index (Phi) is 29.8. The molecule has 0 aromatic carbocycles. The number of allylic oxidation sites excluding steroid dienone is 14. The van der Waals surface area contributed by atoms with Crippen LogP contribution in [0.15, 0.2) is 85.1 Å². The molecule has 4 nitrogen and oxygen atoms in total. The first-order valence-corrected chi connectivity index (χ1v) is 15.2. The highest BCUT2D eigenvalue weighted by Crippen LogP contribution is 2.05. The number of esters is 1. The number of hydrogen-bond donors (Lipinski definition) is 1. The maximum absolute atomic E-state index is 11.7. The Hall–Kier alpha value is -2.43. The monoisotopic (exact) mass is 540 g/mol. The molecule has 0 aliphatic heterocycles. The first-order valence-electron chi connectivity index (χ1n) is 15.2. The molecule has 0 amide bonds. The minimum absolute atomic E-state index is 0.198. The number of carbonyl (C=O) groups is 1. The van der Waals surface area contributed by atoms with Crippen LogP contribution in [0.1, 0.15) is 104 Å². The highest BCUT2D eigenvalue weighted by molar-refractivity contribution is 5.69. The molecule has 1 unspecified atom stereocenters. The summed E-state index contributed by atoms with van der Waals surface area (Å²) >= 11 is 0. The molecule has 0 radical (unpaired) electrons. The maximum atomic E-state index is 11.7. The summed E-state index contributed by atoms with van der Waals surface area (Å²) in [4.78, 5) is 11.7. The van der Waals surface area contributed by atoms with E-state index in [1.807, 2.05) is 0 Å². The zero-order valence-corrected chi connectivity index (χ0v) is 24.9. The van der Waals surface area contributed by atoms with E-state index in [9.17, 15) is 9.90 Å². The van der Waals surface area contributed by atoms with Crippen molar-refractivity contribution in [2.24, 2.45) is 0 Å². The normalized spacial score (nSPS) is 13.6. The fourth-order valence-corrected chi connectivity index (χ4v) is 3.48. The van der Waals surface area contributed by atoms with Crippen LogP contribution in [0.3, 0.4) is 0 Å². The van der Waals surface area contributed by atoms with Crippen LogP contribution in [0.5, 0.6) is 0 Å². The molecule has 0 aliphatic rings. The zero-order valence-electron chi connectivity index (χ0n) is 24.9. The van der Waals surface area contributed by atoms with Crippen LogP contribution in [0.25, 0.3) is 0 Å². The molecule has 0 aromatic rings. The van der Waals surface area contributed by atoms with E-state index in [2.05, 4.69) is 98.9 Å². The molecule has 0 rings (SSSR count). The van der Waals surface area contributed by atoms with Crippen molar-refractivity contribution in [3.05, 3.63) is 85.1 Å². The summed E-state index contributed by atoms with van der Waals surface area (Å²) in [6, 6.07) is 0. The molecule has 1 atom stereocenters. The maximum Gasteiger partial charge on any atom is 0.306 e. The summed E-state index contributed by atoms with van der Waals surface area (Å²) in [7, 11) is 0. The van der Waals surface area contributed by atoms with Crippen molar-refractivity contribution in [1.82, 2.24) is 0 Å². The van der Waals surface area contributed by atoms with Gasteiger partial charge in [0, 0.05) is 13.0 Å². The SMILES string of the molecule is CC/C=C\C/C=C\C/C=C\C/C=C\C/C=C\C/C=C\C/C=C\CCCCOCC(CO)OC(=O)CCCCC. The predicted molar refractivity (Wildman–Crippen MR) is 168 cm³/mol. The lowest BCUT2D eigenvalue weighted by Crippen LogP contribution is -2.27. The van der Waals surface area contributed by atoms with E-state index in [0.717, 1.165) is 83.5 Å². The number of aliphatic hydroxyl groups excluding tert-OH is 1. The van der Waals surface area contributed by atoms with Crippen LogP contribution >= 0.6 is 0 Å². The Labute approximate surface area is 240 Å². The summed E-state index contributed by atoms with van der Waals surface area (Å²) in [6.07, 6.45) is 43.9. The first kappa shape index (κ1) is 36.6. The molecular formula is C35H56O4. The fraction of sp³-hybridized carbons (Fsp3) is 0.571. The van der Waals surface area contributed by atoms with E-state index in [1.54, 1.807) is 0 Å². The Morgan fingerprint density at radius 2 is 1.13 bits per heavy atom. The van der Waals surface area contributed by atoms with Gasteiger partial charge in [0.05, 0.1) is 13.2 Å². The van der Waals surface area contributed by atoms with Crippen molar-refractivity contribution in [2.75, 3.05) is 19.8 Å². The van der Waals surface area contributed by atoms with Gasteiger partial charge in [-0.25, -0.2) is 0 Å². The van der Waals surface area contributed by atoms with E-state index >= 15 is 0 Å². The number of unbranched alkanes of at least 4 members (excludes halogenated alkanes) is 4. The molecule has 0 spiro atoms. The van der Waals surface area contributed by atoms with Crippen molar-refractivity contribution in [3.8, 4) is 0 Å². The van der Waals surface area contributed by atoms with E-state index in [0.29, 0.717) is 13.0 Å². The largest absolute Gasteiger partial charge is 0.457 e. The van der Waals surface area contributed by atoms with E-state index in [1.165, 1.54) is 0 Å². The molecule has 0 aliphatic carbocycles. The topological polar surface area (TPSA) is 55.8 Å². The van der Waals surface area contributed by atoms with Crippen LogP contribution in [0.4, 0.5) is 0 Å². The third-order valence-electron chi connectivity index (χ3n) is 5.73. The molecule has 220 valence electrons. The van der Waals surface area contributed by atoms with Crippen molar-refractivity contribution in [2.45, 2.75) is 110 Å². The summed E-state index contributed by atoms with van der Waals surface area (Å²) in [5.74, 6) is -0.247. The number of rotatable bonds is 26. The lowest BCUT2D eigenvalue weighted by atomic mass is 10.2. The van der Waals surface area contributed by atoms with Gasteiger partial charge < -0.3 is 14.6 Å². The third kappa shape index (κ3) is 30.0. The quantitative estimate of drug-likeness (QED) is 0.0674.